The maximum atomic E-state index is 12.3. The fourth-order valence-corrected chi connectivity index (χ4v) is 1.07. The molecule has 0 aliphatic rings. The SMILES string of the molecule is CC(=O)c1ccc(N(C)C(F)(F)F)cc1. The van der Waals surface area contributed by atoms with Crippen LogP contribution in [0.3, 0.4) is 0 Å². The van der Waals surface area contributed by atoms with Crippen molar-refractivity contribution in [2.45, 2.75) is 13.2 Å². The molecule has 0 fully saturated rings. The van der Waals surface area contributed by atoms with E-state index in [0.29, 0.717) is 5.56 Å². The van der Waals surface area contributed by atoms with Crippen molar-refractivity contribution in [3.63, 3.8) is 0 Å². The molecule has 0 N–H and O–H groups in total. The van der Waals surface area contributed by atoms with Crippen LogP contribution in [0, 0.1) is 0 Å². The van der Waals surface area contributed by atoms with E-state index in [1.54, 1.807) is 0 Å². The zero-order valence-corrected chi connectivity index (χ0v) is 8.30. The topological polar surface area (TPSA) is 20.3 Å². The number of ketones is 1. The van der Waals surface area contributed by atoms with Crippen molar-refractivity contribution in [1.29, 1.82) is 0 Å². The van der Waals surface area contributed by atoms with Crippen molar-refractivity contribution >= 4 is 11.5 Å². The second-order valence-electron chi connectivity index (χ2n) is 3.13. The van der Waals surface area contributed by atoms with E-state index < -0.39 is 6.30 Å². The molecule has 0 atom stereocenters. The molecule has 5 heteroatoms. The van der Waals surface area contributed by atoms with Crippen LogP contribution in [-0.4, -0.2) is 19.1 Å². The lowest BCUT2D eigenvalue weighted by atomic mass is 10.1. The van der Waals surface area contributed by atoms with Crippen molar-refractivity contribution in [3.05, 3.63) is 29.8 Å². The third-order valence-electron chi connectivity index (χ3n) is 2.04. The minimum atomic E-state index is -4.41. The van der Waals surface area contributed by atoms with Gasteiger partial charge in [-0.15, -0.1) is 0 Å². The Morgan fingerprint density at radius 2 is 1.67 bits per heavy atom. The number of hydrogen-bond acceptors (Lipinski definition) is 2. The maximum absolute atomic E-state index is 12.3. The number of rotatable bonds is 2. The van der Waals surface area contributed by atoms with Gasteiger partial charge in [-0.25, -0.2) is 0 Å². The molecule has 0 aliphatic heterocycles. The first kappa shape index (κ1) is 11.6. The van der Waals surface area contributed by atoms with Gasteiger partial charge in [-0.1, -0.05) is 0 Å². The first-order valence-electron chi connectivity index (χ1n) is 4.24. The van der Waals surface area contributed by atoms with Gasteiger partial charge in [0.15, 0.2) is 5.78 Å². The number of Topliss-reactive ketones (excluding diaryl/α,β-unsaturated/α-hetero) is 1. The lowest BCUT2D eigenvalue weighted by molar-refractivity contribution is -0.125. The summed E-state index contributed by atoms with van der Waals surface area (Å²) in [7, 11) is 0.933. The van der Waals surface area contributed by atoms with E-state index in [1.807, 2.05) is 0 Å². The molecule has 1 aromatic carbocycles. The van der Waals surface area contributed by atoms with E-state index in [4.69, 9.17) is 0 Å². The molecule has 0 unspecified atom stereocenters. The van der Waals surface area contributed by atoms with Crippen LogP contribution in [0.5, 0.6) is 0 Å². The summed E-state index contributed by atoms with van der Waals surface area (Å²) in [6.45, 7) is 1.36. The van der Waals surface area contributed by atoms with Crippen molar-refractivity contribution in [2.75, 3.05) is 11.9 Å². The minimum absolute atomic E-state index is 0.00694. The van der Waals surface area contributed by atoms with Crippen molar-refractivity contribution in [1.82, 2.24) is 0 Å². The summed E-state index contributed by atoms with van der Waals surface area (Å²) in [6.07, 6.45) is -4.41. The van der Waals surface area contributed by atoms with Crippen LogP contribution < -0.4 is 4.90 Å². The lowest BCUT2D eigenvalue weighted by Crippen LogP contribution is -2.33. The predicted molar refractivity (Wildman–Crippen MR) is 50.9 cm³/mol. The Balaban J connectivity index is 2.94. The normalized spacial score (nSPS) is 11.3. The van der Waals surface area contributed by atoms with Crippen LogP contribution in [-0.2, 0) is 0 Å². The molecular formula is C10H10F3NO. The average Bonchev–Trinajstić information content (AvgIpc) is 2.15. The van der Waals surface area contributed by atoms with Crippen molar-refractivity contribution in [3.8, 4) is 0 Å². The summed E-state index contributed by atoms with van der Waals surface area (Å²) in [6, 6.07) is 5.29. The smallest absolute Gasteiger partial charge is 0.295 e. The molecule has 0 bridgehead atoms. The molecule has 0 saturated heterocycles. The molecule has 0 spiro atoms. The van der Waals surface area contributed by atoms with Crippen LogP contribution >= 0.6 is 0 Å². The van der Waals surface area contributed by atoms with Gasteiger partial charge in [0.25, 0.3) is 0 Å². The van der Waals surface area contributed by atoms with Gasteiger partial charge in [0, 0.05) is 18.3 Å². The zero-order valence-electron chi connectivity index (χ0n) is 8.30. The quantitative estimate of drug-likeness (QED) is 0.560. The monoisotopic (exact) mass is 217 g/mol. The molecule has 0 radical (unpaired) electrons. The Kier molecular flexibility index (Phi) is 3.02. The fourth-order valence-electron chi connectivity index (χ4n) is 1.07. The zero-order chi connectivity index (χ0) is 11.6. The third-order valence-corrected chi connectivity index (χ3v) is 2.04. The highest BCUT2D eigenvalue weighted by Crippen LogP contribution is 2.26. The second kappa shape index (κ2) is 3.92. The van der Waals surface area contributed by atoms with Gasteiger partial charge in [-0.05, 0) is 31.2 Å². The summed E-state index contributed by atoms with van der Waals surface area (Å²) in [5.41, 5.74) is 0.404. The van der Waals surface area contributed by atoms with Crippen LogP contribution in [0.4, 0.5) is 18.9 Å². The largest absolute Gasteiger partial charge is 0.484 e. The fraction of sp³-hybridized carbons (Fsp3) is 0.300. The second-order valence-corrected chi connectivity index (χ2v) is 3.13. The Morgan fingerprint density at radius 1 is 1.20 bits per heavy atom. The van der Waals surface area contributed by atoms with Crippen molar-refractivity contribution < 1.29 is 18.0 Å². The van der Waals surface area contributed by atoms with E-state index >= 15 is 0 Å². The highest BCUT2D eigenvalue weighted by Gasteiger charge is 2.34. The Morgan fingerprint density at radius 3 is 2.00 bits per heavy atom. The number of anilines is 1. The Labute approximate surface area is 85.3 Å². The number of alkyl halides is 3. The molecule has 2 nitrogen and oxygen atoms in total. The van der Waals surface area contributed by atoms with E-state index in [-0.39, 0.29) is 16.4 Å². The molecule has 82 valence electrons. The highest BCUT2D eigenvalue weighted by molar-refractivity contribution is 5.94. The van der Waals surface area contributed by atoms with Gasteiger partial charge in [0.05, 0.1) is 0 Å². The molecule has 0 saturated carbocycles. The first-order valence-corrected chi connectivity index (χ1v) is 4.24. The van der Waals surface area contributed by atoms with Gasteiger partial charge in [-0.3, -0.25) is 9.69 Å². The summed E-state index contributed by atoms with van der Waals surface area (Å²) in [5.74, 6) is -0.170. The molecule has 0 aromatic heterocycles. The first-order chi connectivity index (χ1) is 6.82. The van der Waals surface area contributed by atoms with E-state index in [1.165, 1.54) is 31.2 Å². The number of hydrogen-bond donors (Lipinski definition) is 0. The van der Waals surface area contributed by atoms with Gasteiger partial charge in [0.2, 0.25) is 0 Å². The van der Waals surface area contributed by atoms with E-state index in [2.05, 4.69) is 0 Å². The number of benzene rings is 1. The van der Waals surface area contributed by atoms with Gasteiger partial charge >= 0.3 is 6.30 Å². The average molecular weight is 217 g/mol. The standard InChI is InChI=1S/C10H10F3NO/c1-7(15)8-3-5-9(6-4-8)14(2)10(11,12)13/h3-6H,1-2H3. The number of nitrogens with zero attached hydrogens (tertiary/aromatic N) is 1. The van der Waals surface area contributed by atoms with Gasteiger partial charge < -0.3 is 0 Å². The van der Waals surface area contributed by atoms with Crippen LogP contribution in [0.15, 0.2) is 24.3 Å². The molecule has 0 aliphatic carbocycles. The van der Waals surface area contributed by atoms with Crippen LogP contribution in [0.25, 0.3) is 0 Å². The third kappa shape index (κ3) is 2.71. The maximum Gasteiger partial charge on any atom is 0.484 e. The summed E-state index contributed by atoms with van der Waals surface area (Å²) < 4.78 is 36.8. The van der Waals surface area contributed by atoms with Crippen LogP contribution in [0.1, 0.15) is 17.3 Å². The summed E-state index contributed by atoms with van der Waals surface area (Å²) >= 11 is 0. The molecule has 15 heavy (non-hydrogen) atoms. The van der Waals surface area contributed by atoms with Crippen molar-refractivity contribution in [2.24, 2.45) is 0 Å². The molecule has 1 rings (SSSR count). The van der Waals surface area contributed by atoms with E-state index in [0.717, 1.165) is 7.05 Å². The number of carbonyl (C=O) groups is 1. The minimum Gasteiger partial charge on any atom is -0.295 e. The predicted octanol–water partition coefficient (Wildman–Crippen LogP) is 2.85. The van der Waals surface area contributed by atoms with E-state index in [9.17, 15) is 18.0 Å². The summed E-state index contributed by atoms with van der Waals surface area (Å²) in [5, 5.41) is 0. The van der Waals surface area contributed by atoms with Gasteiger partial charge in [0.1, 0.15) is 0 Å². The highest BCUT2D eigenvalue weighted by atomic mass is 19.4. The number of carbonyl (C=O) groups excluding carboxylic acids is 1. The molecule has 0 heterocycles. The summed E-state index contributed by atoms with van der Waals surface area (Å²) in [4.78, 5) is 11.1. The lowest BCUT2D eigenvalue weighted by Gasteiger charge is -2.22. The molecule has 1 aromatic rings. The number of halogens is 3. The molecular weight excluding hydrogens is 207 g/mol. The van der Waals surface area contributed by atoms with Gasteiger partial charge in [-0.2, -0.15) is 13.2 Å². The Bertz CT molecular complexity index is 356. The molecule has 0 amide bonds. The Hall–Kier alpha value is -1.52. The van der Waals surface area contributed by atoms with Crippen LogP contribution in [0.2, 0.25) is 0 Å².